The number of imidazole rings is 1. The fourth-order valence-corrected chi connectivity index (χ4v) is 8.67. The van der Waals surface area contributed by atoms with Crippen molar-refractivity contribution in [3.63, 3.8) is 0 Å². The Labute approximate surface area is 272 Å². The van der Waals surface area contributed by atoms with E-state index >= 15 is 0 Å². The number of aromatic carboxylic acids is 1. The molecule has 0 radical (unpaired) electrons. The summed E-state index contributed by atoms with van der Waals surface area (Å²) in [6, 6.07) is 16.9. The second-order valence-corrected chi connectivity index (χ2v) is 13.9. The molecule has 242 valence electrons. The molecule has 3 aromatic carbocycles. The zero-order valence-electron chi connectivity index (χ0n) is 26.3. The number of aromatic nitrogens is 2. The number of hydrogen-bond donors (Lipinski definition) is 5. The summed E-state index contributed by atoms with van der Waals surface area (Å²) >= 11 is 0. The van der Waals surface area contributed by atoms with Crippen LogP contribution in [0.5, 0.6) is 0 Å². The van der Waals surface area contributed by atoms with Gasteiger partial charge in [0.15, 0.2) is 0 Å². The highest BCUT2D eigenvalue weighted by molar-refractivity contribution is 6.10. The number of amides is 3. The fraction of sp³-hybridized carbons (Fsp3) is 0.378. The van der Waals surface area contributed by atoms with Crippen LogP contribution in [0, 0.1) is 30.1 Å². The van der Waals surface area contributed by atoms with Crippen LogP contribution in [-0.4, -0.2) is 51.9 Å². The summed E-state index contributed by atoms with van der Waals surface area (Å²) in [4.78, 5) is 60.2. The minimum Gasteiger partial charge on any atom is -0.478 e. The zero-order chi connectivity index (χ0) is 32.7. The van der Waals surface area contributed by atoms with Gasteiger partial charge in [0, 0.05) is 18.8 Å². The number of nitrogens with one attached hydrogen (secondary N) is 4. The molecule has 4 aliphatic rings. The summed E-state index contributed by atoms with van der Waals surface area (Å²) in [7, 11) is 0. The summed E-state index contributed by atoms with van der Waals surface area (Å²) < 4.78 is 0. The predicted octanol–water partition coefficient (Wildman–Crippen LogP) is 5.67. The van der Waals surface area contributed by atoms with Gasteiger partial charge >= 0.3 is 5.97 Å². The third-order valence-corrected chi connectivity index (χ3v) is 10.6. The van der Waals surface area contributed by atoms with Gasteiger partial charge in [0.1, 0.15) is 0 Å². The number of nitrogens with zero attached hydrogens (tertiary/aromatic N) is 1. The number of rotatable bonds is 10. The van der Waals surface area contributed by atoms with Crippen molar-refractivity contribution < 1.29 is 24.3 Å². The summed E-state index contributed by atoms with van der Waals surface area (Å²) in [5, 5.41) is 18.4. The highest BCUT2D eigenvalue weighted by Gasteiger charge is 2.50. The number of aryl methyl sites for hydroxylation is 1. The molecule has 5 N–H and O–H groups in total. The first kappa shape index (κ1) is 30.7. The lowest BCUT2D eigenvalue weighted by Gasteiger charge is -2.56. The van der Waals surface area contributed by atoms with E-state index < -0.39 is 23.7 Å². The molecule has 47 heavy (non-hydrogen) atoms. The van der Waals surface area contributed by atoms with Gasteiger partial charge in [-0.1, -0.05) is 36.4 Å². The molecule has 1 atom stereocenters. The Hall–Kier alpha value is -4.99. The molecule has 1 aromatic heterocycles. The van der Waals surface area contributed by atoms with Crippen LogP contribution in [0.1, 0.15) is 86.6 Å². The van der Waals surface area contributed by atoms with Crippen LogP contribution in [0.3, 0.4) is 0 Å². The van der Waals surface area contributed by atoms with Crippen LogP contribution >= 0.6 is 0 Å². The number of fused-ring (bicyclic) bond motifs is 1. The predicted molar refractivity (Wildman–Crippen MR) is 177 cm³/mol. The van der Waals surface area contributed by atoms with Gasteiger partial charge in [0.25, 0.3) is 11.8 Å². The monoisotopic (exact) mass is 633 g/mol. The Morgan fingerprint density at radius 3 is 2.23 bits per heavy atom. The molecule has 4 bridgehead atoms. The average molecular weight is 634 g/mol. The molecule has 4 saturated carbocycles. The summed E-state index contributed by atoms with van der Waals surface area (Å²) in [5.41, 5.74) is 3.60. The second kappa shape index (κ2) is 12.3. The fourth-order valence-electron chi connectivity index (χ4n) is 8.67. The Balaban J connectivity index is 1.10. The van der Waals surface area contributed by atoms with E-state index in [2.05, 4.69) is 25.9 Å². The third kappa shape index (κ3) is 6.24. The Morgan fingerprint density at radius 1 is 0.894 bits per heavy atom. The number of aromatic amines is 1. The van der Waals surface area contributed by atoms with Gasteiger partial charge in [-0.05, 0) is 104 Å². The van der Waals surface area contributed by atoms with E-state index in [1.54, 1.807) is 37.3 Å². The summed E-state index contributed by atoms with van der Waals surface area (Å²) in [5.74, 6) is -0.795. The highest BCUT2D eigenvalue weighted by atomic mass is 16.4. The lowest BCUT2D eigenvalue weighted by Crippen LogP contribution is -2.51. The van der Waals surface area contributed by atoms with Gasteiger partial charge in [-0.25, -0.2) is 9.78 Å². The van der Waals surface area contributed by atoms with Crippen molar-refractivity contribution in [3.05, 3.63) is 94.8 Å². The molecule has 4 aliphatic carbocycles. The molecule has 3 amide bonds. The number of benzene rings is 3. The van der Waals surface area contributed by atoms with Crippen molar-refractivity contribution in [2.75, 3.05) is 18.4 Å². The summed E-state index contributed by atoms with van der Waals surface area (Å²) in [6.45, 7) is 2.33. The molecule has 10 nitrogen and oxygen atoms in total. The number of carbonyl (C=O) groups is 4. The molecule has 8 rings (SSSR count). The standard InChI is InChI=1S/C37H39N5O5/c1-21-7-8-26(36(46)47)12-30(21)42-35(45)29(25-5-3-2-4-6-25)18-38-33(43)27-13-31-32(41-20-40-31)14-28(27)34(44)39-19-37-15-22-9-23(16-37)11-24(10-22)17-37/h2-8,12-14,20,22-24,29H,9-11,15-19H2,1H3,(H,38,43)(H,39,44)(H,40,41)(H,42,45)(H,46,47). The SMILES string of the molecule is Cc1ccc(C(=O)O)cc1NC(=O)C(CNC(=O)c1cc2nc[nH]c2cc1C(=O)NCC12CC3CC(CC(C3)C1)C2)c1ccccc1. The first-order valence-electron chi connectivity index (χ1n) is 16.4. The van der Waals surface area contributed by atoms with E-state index in [1.807, 2.05) is 18.2 Å². The van der Waals surface area contributed by atoms with Crippen molar-refractivity contribution in [3.8, 4) is 0 Å². The lowest BCUT2D eigenvalue weighted by atomic mass is 9.49. The molecule has 1 heterocycles. The van der Waals surface area contributed by atoms with E-state index in [0.29, 0.717) is 34.4 Å². The van der Waals surface area contributed by atoms with Crippen molar-refractivity contribution >= 4 is 40.4 Å². The van der Waals surface area contributed by atoms with Gasteiger partial charge in [-0.3, -0.25) is 14.4 Å². The summed E-state index contributed by atoms with van der Waals surface area (Å²) in [6.07, 6.45) is 8.99. The molecule has 0 aliphatic heterocycles. The second-order valence-electron chi connectivity index (χ2n) is 13.9. The smallest absolute Gasteiger partial charge is 0.335 e. The number of anilines is 1. The van der Waals surface area contributed by atoms with Crippen molar-refractivity contribution in [1.29, 1.82) is 0 Å². The topological polar surface area (TPSA) is 153 Å². The van der Waals surface area contributed by atoms with Crippen LogP contribution in [0.2, 0.25) is 0 Å². The maximum absolute atomic E-state index is 13.8. The number of H-pyrrole nitrogens is 1. The minimum atomic E-state index is -1.10. The van der Waals surface area contributed by atoms with Crippen LogP contribution < -0.4 is 16.0 Å². The third-order valence-electron chi connectivity index (χ3n) is 10.6. The molecular weight excluding hydrogens is 594 g/mol. The van der Waals surface area contributed by atoms with Gasteiger partial charge in [-0.15, -0.1) is 0 Å². The molecular formula is C37H39N5O5. The van der Waals surface area contributed by atoms with E-state index in [4.69, 9.17) is 0 Å². The first-order chi connectivity index (χ1) is 22.7. The Bertz CT molecular complexity index is 1830. The molecule has 4 aromatic rings. The molecule has 4 fully saturated rings. The lowest BCUT2D eigenvalue weighted by molar-refractivity contribution is -0.117. The highest BCUT2D eigenvalue weighted by Crippen LogP contribution is 2.59. The first-order valence-corrected chi connectivity index (χ1v) is 16.4. The van der Waals surface area contributed by atoms with Gasteiger partial charge in [0.05, 0.1) is 40.0 Å². The number of carboxylic acids is 1. The van der Waals surface area contributed by atoms with Crippen molar-refractivity contribution in [1.82, 2.24) is 20.6 Å². The van der Waals surface area contributed by atoms with Gasteiger partial charge < -0.3 is 26.0 Å². The Morgan fingerprint density at radius 2 is 1.55 bits per heavy atom. The van der Waals surface area contributed by atoms with E-state index in [9.17, 15) is 24.3 Å². The number of carboxylic acid groups (broad SMARTS) is 1. The van der Waals surface area contributed by atoms with Crippen LogP contribution in [0.4, 0.5) is 5.69 Å². The maximum Gasteiger partial charge on any atom is 0.335 e. The van der Waals surface area contributed by atoms with Gasteiger partial charge in [-0.2, -0.15) is 0 Å². The van der Waals surface area contributed by atoms with Crippen molar-refractivity contribution in [2.24, 2.45) is 23.2 Å². The Kier molecular flexibility index (Phi) is 8.03. The zero-order valence-corrected chi connectivity index (χ0v) is 26.3. The average Bonchev–Trinajstić information content (AvgIpc) is 3.52. The molecule has 0 spiro atoms. The maximum atomic E-state index is 13.8. The van der Waals surface area contributed by atoms with Crippen LogP contribution in [0.25, 0.3) is 11.0 Å². The van der Waals surface area contributed by atoms with E-state index in [-0.39, 0.29) is 34.6 Å². The van der Waals surface area contributed by atoms with E-state index in [1.165, 1.54) is 37.7 Å². The largest absolute Gasteiger partial charge is 0.478 e. The minimum absolute atomic E-state index is 0.0539. The van der Waals surface area contributed by atoms with Crippen LogP contribution in [-0.2, 0) is 4.79 Å². The molecule has 10 heteroatoms. The molecule has 0 saturated heterocycles. The van der Waals surface area contributed by atoms with Gasteiger partial charge in [0.2, 0.25) is 5.91 Å². The molecule has 1 unspecified atom stereocenters. The van der Waals surface area contributed by atoms with Crippen molar-refractivity contribution in [2.45, 2.75) is 51.4 Å². The number of carbonyl (C=O) groups excluding carboxylic acids is 3. The quantitative estimate of drug-likeness (QED) is 0.152. The van der Waals surface area contributed by atoms with Crippen LogP contribution in [0.15, 0.2) is 67.0 Å². The van der Waals surface area contributed by atoms with E-state index in [0.717, 1.165) is 37.0 Å². The normalized spacial score (nSPS) is 23.3. The number of hydrogen-bond acceptors (Lipinski definition) is 5.